The molecule has 116 valence electrons. The van der Waals surface area contributed by atoms with Crippen LogP contribution in [0.3, 0.4) is 0 Å². The standard InChI is InChI=1S/C13H25N3O4/c1-4-9(5-2)8(3)15-13(20)16-10(12(18)19)6-7-11(14)17/h8-10H,4-7H2,1-3H3,(H2,14,17)(H,18,19)(H2,15,16,20). The summed E-state index contributed by atoms with van der Waals surface area (Å²) >= 11 is 0. The molecule has 0 aliphatic rings. The molecule has 0 spiro atoms. The molecular formula is C13H25N3O4. The molecular weight excluding hydrogens is 262 g/mol. The number of carboxylic acid groups (broad SMARTS) is 1. The molecule has 0 radical (unpaired) electrons. The number of nitrogens with one attached hydrogen (secondary N) is 2. The van der Waals surface area contributed by atoms with Crippen LogP contribution in [-0.4, -0.2) is 35.1 Å². The number of amides is 3. The minimum absolute atomic E-state index is 0.0164. The number of carbonyl (C=O) groups excluding carboxylic acids is 2. The summed E-state index contributed by atoms with van der Waals surface area (Å²) in [5.41, 5.74) is 4.97. The molecule has 0 saturated heterocycles. The van der Waals surface area contributed by atoms with Crippen LogP contribution in [0.1, 0.15) is 46.5 Å². The third kappa shape index (κ3) is 6.96. The minimum Gasteiger partial charge on any atom is -0.480 e. The van der Waals surface area contributed by atoms with Crippen LogP contribution < -0.4 is 16.4 Å². The van der Waals surface area contributed by atoms with Crippen molar-refractivity contribution in [2.24, 2.45) is 11.7 Å². The van der Waals surface area contributed by atoms with Crippen LogP contribution >= 0.6 is 0 Å². The van der Waals surface area contributed by atoms with Crippen LogP contribution in [0.2, 0.25) is 0 Å². The lowest BCUT2D eigenvalue weighted by Crippen LogP contribution is -2.50. The Kier molecular flexibility index (Phi) is 8.35. The highest BCUT2D eigenvalue weighted by molar-refractivity contribution is 5.83. The number of carbonyl (C=O) groups is 3. The lowest BCUT2D eigenvalue weighted by molar-refractivity contribution is -0.139. The molecule has 0 aromatic heterocycles. The van der Waals surface area contributed by atoms with Gasteiger partial charge in [-0.05, 0) is 19.3 Å². The molecule has 3 amide bonds. The third-order valence-corrected chi connectivity index (χ3v) is 3.40. The summed E-state index contributed by atoms with van der Waals surface area (Å²) in [5.74, 6) is -1.44. The van der Waals surface area contributed by atoms with Crippen molar-refractivity contribution in [1.82, 2.24) is 10.6 Å². The maximum atomic E-state index is 11.7. The molecule has 0 aromatic carbocycles. The van der Waals surface area contributed by atoms with E-state index in [0.717, 1.165) is 12.8 Å². The first-order valence-corrected chi connectivity index (χ1v) is 6.89. The highest BCUT2D eigenvalue weighted by Gasteiger charge is 2.22. The van der Waals surface area contributed by atoms with Crippen LogP contribution in [0.25, 0.3) is 0 Å². The minimum atomic E-state index is -1.18. The Labute approximate surface area is 119 Å². The summed E-state index contributed by atoms with van der Waals surface area (Å²) in [5, 5.41) is 14.0. The largest absolute Gasteiger partial charge is 0.480 e. The number of aliphatic carboxylic acids is 1. The van der Waals surface area contributed by atoms with E-state index in [1.54, 1.807) is 0 Å². The zero-order valence-electron chi connectivity index (χ0n) is 12.3. The summed E-state index contributed by atoms with van der Waals surface area (Å²) in [6.45, 7) is 5.96. The van der Waals surface area contributed by atoms with Gasteiger partial charge in [-0.15, -0.1) is 0 Å². The van der Waals surface area contributed by atoms with Gasteiger partial charge in [-0.3, -0.25) is 4.79 Å². The summed E-state index contributed by atoms with van der Waals surface area (Å²) in [7, 11) is 0. The van der Waals surface area contributed by atoms with E-state index in [2.05, 4.69) is 10.6 Å². The molecule has 0 rings (SSSR count). The van der Waals surface area contributed by atoms with E-state index < -0.39 is 23.9 Å². The van der Waals surface area contributed by atoms with Crippen molar-refractivity contribution in [2.75, 3.05) is 0 Å². The van der Waals surface area contributed by atoms with Crippen LogP contribution in [0.5, 0.6) is 0 Å². The molecule has 20 heavy (non-hydrogen) atoms. The Bertz CT molecular complexity index is 343. The number of rotatable bonds is 9. The van der Waals surface area contributed by atoms with Gasteiger partial charge in [0.15, 0.2) is 0 Å². The molecule has 7 nitrogen and oxygen atoms in total. The Morgan fingerprint density at radius 1 is 1.15 bits per heavy atom. The summed E-state index contributed by atoms with van der Waals surface area (Å²) in [6.07, 6.45) is 1.76. The highest BCUT2D eigenvalue weighted by Crippen LogP contribution is 2.12. The fourth-order valence-electron chi connectivity index (χ4n) is 2.06. The predicted molar refractivity (Wildman–Crippen MR) is 75.1 cm³/mol. The van der Waals surface area contributed by atoms with Crippen molar-refractivity contribution in [2.45, 2.75) is 58.5 Å². The number of carboxylic acids is 1. The fraction of sp³-hybridized carbons (Fsp3) is 0.769. The van der Waals surface area contributed by atoms with Crippen LogP contribution in [0.4, 0.5) is 4.79 Å². The molecule has 7 heteroatoms. The Hall–Kier alpha value is -1.79. The van der Waals surface area contributed by atoms with Crippen LogP contribution in [0.15, 0.2) is 0 Å². The van der Waals surface area contributed by atoms with Gasteiger partial charge in [-0.1, -0.05) is 26.7 Å². The molecule has 0 saturated carbocycles. The van der Waals surface area contributed by atoms with Crippen molar-refractivity contribution < 1.29 is 19.5 Å². The van der Waals surface area contributed by atoms with Gasteiger partial charge in [-0.25, -0.2) is 9.59 Å². The lowest BCUT2D eigenvalue weighted by atomic mass is 9.96. The van der Waals surface area contributed by atoms with Crippen molar-refractivity contribution in [1.29, 1.82) is 0 Å². The molecule has 0 aliphatic heterocycles. The number of hydrogen-bond acceptors (Lipinski definition) is 3. The second-order valence-corrected chi connectivity index (χ2v) is 4.88. The van der Waals surface area contributed by atoms with Crippen molar-refractivity contribution in [3.8, 4) is 0 Å². The average molecular weight is 287 g/mol. The van der Waals surface area contributed by atoms with E-state index in [1.165, 1.54) is 0 Å². The maximum absolute atomic E-state index is 11.7. The van der Waals surface area contributed by atoms with E-state index in [4.69, 9.17) is 10.8 Å². The van der Waals surface area contributed by atoms with Gasteiger partial charge in [0.2, 0.25) is 5.91 Å². The average Bonchev–Trinajstić information content (AvgIpc) is 2.35. The normalized spacial score (nSPS) is 13.6. The van der Waals surface area contributed by atoms with E-state index in [0.29, 0.717) is 5.92 Å². The fourth-order valence-corrected chi connectivity index (χ4v) is 2.06. The van der Waals surface area contributed by atoms with E-state index in [1.807, 2.05) is 20.8 Å². The number of nitrogens with two attached hydrogens (primary N) is 1. The van der Waals surface area contributed by atoms with Gasteiger partial charge in [0.05, 0.1) is 0 Å². The van der Waals surface area contributed by atoms with Crippen molar-refractivity contribution >= 4 is 17.9 Å². The molecule has 2 unspecified atom stereocenters. The van der Waals surface area contributed by atoms with Gasteiger partial charge in [0, 0.05) is 12.5 Å². The molecule has 0 heterocycles. The van der Waals surface area contributed by atoms with Crippen molar-refractivity contribution in [3.05, 3.63) is 0 Å². The second-order valence-electron chi connectivity index (χ2n) is 4.88. The zero-order valence-corrected chi connectivity index (χ0v) is 12.3. The first kappa shape index (κ1) is 18.2. The van der Waals surface area contributed by atoms with E-state index in [9.17, 15) is 14.4 Å². The predicted octanol–water partition coefficient (Wildman–Crippen LogP) is 0.829. The Balaban J connectivity index is 4.38. The van der Waals surface area contributed by atoms with Gasteiger partial charge < -0.3 is 21.5 Å². The molecule has 2 atom stereocenters. The van der Waals surface area contributed by atoms with Gasteiger partial charge in [0.1, 0.15) is 6.04 Å². The molecule has 0 aliphatic carbocycles. The second kappa shape index (κ2) is 9.17. The van der Waals surface area contributed by atoms with Crippen LogP contribution in [-0.2, 0) is 9.59 Å². The van der Waals surface area contributed by atoms with Crippen molar-refractivity contribution in [3.63, 3.8) is 0 Å². The van der Waals surface area contributed by atoms with Gasteiger partial charge in [-0.2, -0.15) is 0 Å². The lowest BCUT2D eigenvalue weighted by Gasteiger charge is -2.23. The molecule has 5 N–H and O–H groups in total. The van der Waals surface area contributed by atoms with E-state index in [-0.39, 0.29) is 18.9 Å². The molecule has 0 fully saturated rings. The monoisotopic (exact) mass is 287 g/mol. The quantitative estimate of drug-likeness (QED) is 0.501. The number of hydrogen-bond donors (Lipinski definition) is 4. The Morgan fingerprint density at radius 3 is 2.10 bits per heavy atom. The van der Waals surface area contributed by atoms with Gasteiger partial charge >= 0.3 is 12.0 Å². The SMILES string of the molecule is CCC(CC)C(C)NC(=O)NC(CCC(N)=O)C(=O)O. The zero-order chi connectivity index (χ0) is 15.7. The highest BCUT2D eigenvalue weighted by atomic mass is 16.4. The first-order chi connectivity index (χ1) is 9.31. The summed E-state index contributed by atoms with van der Waals surface area (Å²) in [6, 6.07) is -1.70. The Morgan fingerprint density at radius 2 is 1.70 bits per heavy atom. The van der Waals surface area contributed by atoms with Gasteiger partial charge in [0.25, 0.3) is 0 Å². The maximum Gasteiger partial charge on any atom is 0.326 e. The topological polar surface area (TPSA) is 122 Å². The smallest absolute Gasteiger partial charge is 0.326 e. The number of primary amides is 1. The van der Waals surface area contributed by atoms with Crippen LogP contribution in [0, 0.1) is 5.92 Å². The molecule has 0 bridgehead atoms. The first-order valence-electron chi connectivity index (χ1n) is 6.89. The van der Waals surface area contributed by atoms with E-state index >= 15 is 0 Å². The summed E-state index contributed by atoms with van der Waals surface area (Å²) in [4.78, 5) is 33.4. The summed E-state index contributed by atoms with van der Waals surface area (Å²) < 4.78 is 0. The number of urea groups is 1. The third-order valence-electron chi connectivity index (χ3n) is 3.40. The molecule has 0 aromatic rings.